The zero-order chi connectivity index (χ0) is 24.2. The van der Waals surface area contributed by atoms with Gasteiger partial charge in [0.25, 0.3) is 0 Å². The third-order valence-corrected chi connectivity index (χ3v) is 5.61. The molecule has 1 aromatic heterocycles. The first-order valence-corrected chi connectivity index (χ1v) is 10.3. The minimum atomic E-state index is -4.92. The van der Waals surface area contributed by atoms with Gasteiger partial charge < -0.3 is 19.5 Å². The van der Waals surface area contributed by atoms with Crippen molar-refractivity contribution in [1.29, 1.82) is 0 Å². The van der Waals surface area contributed by atoms with E-state index < -0.39 is 23.6 Å². The number of carbonyl (C=O) groups is 2. The van der Waals surface area contributed by atoms with Crippen LogP contribution >= 0.6 is 0 Å². The maximum absolute atomic E-state index is 13.1. The lowest BCUT2D eigenvalue weighted by Crippen LogP contribution is -2.52. The van der Waals surface area contributed by atoms with Crippen molar-refractivity contribution in [2.45, 2.75) is 45.1 Å². The topological polar surface area (TPSA) is 80.8 Å². The van der Waals surface area contributed by atoms with Crippen LogP contribution in [0.4, 0.5) is 18.9 Å². The van der Waals surface area contributed by atoms with E-state index in [9.17, 15) is 22.8 Å². The van der Waals surface area contributed by atoms with Crippen LogP contribution in [0.2, 0.25) is 0 Å². The summed E-state index contributed by atoms with van der Waals surface area (Å²) < 4.78 is 43.9. The summed E-state index contributed by atoms with van der Waals surface area (Å²) in [6.07, 6.45) is 1.11. The minimum Gasteiger partial charge on any atom is -0.407 e. The van der Waals surface area contributed by atoms with Gasteiger partial charge in [-0.15, -0.1) is 13.2 Å². The molecule has 0 unspecified atom stereocenters. The Kier molecular flexibility index (Phi) is 6.95. The number of piperidine rings is 1. The Balaban J connectivity index is 1.65. The highest BCUT2D eigenvalue weighted by Crippen LogP contribution is 2.31. The maximum atomic E-state index is 13.1. The van der Waals surface area contributed by atoms with Crippen molar-refractivity contribution in [2.75, 3.05) is 13.1 Å². The SMILES string of the molecule is [C-]#[N+]c1ccc(CNC(=O)[C@@H]2CCCN(C(=O)C(C)(C)n3ccnc3)C2)c(OC(F)(F)F)c1. The average Bonchev–Trinajstić information content (AvgIpc) is 3.32. The molecular formula is C22H24F3N5O3. The number of likely N-dealkylation sites (tertiary alicyclic amines) is 1. The summed E-state index contributed by atoms with van der Waals surface area (Å²) in [6, 6.07) is 3.66. The van der Waals surface area contributed by atoms with E-state index in [1.54, 1.807) is 42.0 Å². The van der Waals surface area contributed by atoms with E-state index in [-0.39, 0.29) is 36.2 Å². The van der Waals surface area contributed by atoms with Crippen LogP contribution < -0.4 is 10.1 Å². The van der Waals surface area contributed by atoms with Crippen molar-refractivity contribution in [3.8, 4) is 5.75 Å². The van der Waals surface area contributed by atoms with Crippen LogP contribution in [0.1, 0.15) is 32.3 Å². The Bertz CT molecular complexity index is 1040. The molecule has 0 spiro atoms. The van der Waals surface area contributed by atoms with Gasteiger partial charge in [0.15, 0.2) is 5.69 Å². The second-order valence-corrected chi connectivity index (χ2v) is 8.29. The Morgan fingerprint density at radius 3 is 2.73 bits per heavy atom. The molecule has 33 heavy (non-hydrogen) atoms. The number of alkyl halides is 3. The molecular weight excluding hydrogens is 439 g/mol. The maximum Gasteiger partial charge on any atom is 0.573 e. The summed E-state index contributed by atoms with van der Waals surface area (Å²) in [5, 5.41) is 2.64. The smallest absolute Gasteiger partial charge is 0.407 e. The molecule has 11 heteroatoms. The zero-order valence-electron chi connectivity index (χ0n) is 18.2. The van der Waals surface area contributed by atoms with Gasteiger partial charge >= 0.3 is 6.36 Å². The van der Waals surface area contributed by atoms with E-state index in [1.165, 1.54) is 12.1 Å². The van der Waals surface area contributed by atoms with Gasteiger partial charge in [-0.1, -0.05) is 12.1 Å². The Morgan fingerprint density at radius 2 is 2.09 bits per heavy atom. The lowest BCUT2D eigenvalue weighted by atomic mass is 9.94. The number of imidazole rings is 1. The van der Waals surface area contributed by atoms with E-state index in [2.05, 4.69) is 19.9 Å². The van der Waals surface area contributed by atoms with Gasteiger partial charge in [-0.25, -0.2) is 9.83 Å². The number of aromatic nitrogens is 2. The Morgan fingerprint density at radius 1 is 1.33 bits per heavy atom. The number of hydrogen-bond donors (Lipinski definition) is 1. The summed E-state index contributed by atoms with van der Waals surface area (Å²) in [5.41, 5.74) is -0.784. The van der Waals surface area contributed by atoms with Gasteiger partial charge in [0, 0.05) is 37.6 Å². The summed E-state index contributed by atoms with van der Waals surface area (Å²) in [5.74, 6) is -1.52. The molecule has 1 aromatic carbocycles. The Hall–Kier alpha value is -3.55. The molecule has 2 amide bonds. The number of halogens is 3. The van der Waals surface area contributed by atoms with Gasteiger partial charge in [0.05, 0.1) is 18.8 Å². The molecule has 0 bridgehead atoms. The molecule has 8 nitrogen and oxygen atoms in total. The first-order valence-electron chi connectivity index (χ1n) is 10.3. The monoisotopic (exact) mass is 463 g/mol. The predicted octanol–water partition coefficient (Wildman–Crippen LogP) is 3.62. The molecule has 0 radical (unpaired) electrons. The number of carbonyl (C=O) groups excluding carboxylic acids is 2. The fourth-order valence-corrected chi connectivity index (χ4v) is 3.77. The fourth-order valence-electron chi connectivity index (χ4n) is 3.77. The number of amides is 2. The molecule has 0 aliphatic carbocycles. The van der Waals surface area contributed by atoms with Crippen LogP contribution in [0, 0.1) is 12.5 Å². The first-order chi connectivity index (χ1) is 15.5. The molecule has 1 N–H and O–H groups in total. The minimum absolute atomic E-state index is 0.00809. The number of nitrogens with one attached hydrogen (secondary N) is 1. The molecule has 0 saturated carbocycles. The highest BCUT2D eigenvalue weighted by atomic mass is 19.4. The number of nitrogens with zero attached hydrogens (tertiary/aromatic N) is 4. The lowest BCUT2D eigenvalue weighted by Gasteiger charge is -2.37. The van der Waals surface area contributed by atoms with E-state index in [1.807, 2.05) is 0 Å². The van der Waals surface area contributed by atoms with Gasteiger partial charge in [0.2, 0.25) is 11.8 Å². The van der Waals surface area contributed by atoms with Crippen LogP contribution in [0.25, 0.3) is 4.85 Å². The van der Waals surface area contributed by atoms with Crippen molar-refractivity contribution in [2.24, 2.45) is 5.92 Å². The zero-order valence-corrected chi connectivity index (χ0v) is 18.2. The number of hydrogen-bond acceptors (Lipinski definition) is 4. The second-order valence-electron chi connectivity index (χ2n) is 8.29. The Labute approximate surface area is 189 Å². The van der Waals surface area contributed by atoms with E-state index in [0.717, 1.165) is 6.07 Å². The predicted molar refractivity (Wildman–Crippen MR) is 112 cm³/mol. The normalized spacial score (nSPS) is 16.7. The second kappa shape index (κ2) is 9.52. The first kappa shape index (κ1) is 24.1. The molecule has 3 rings (SSSR count). The summed E-state index contributed by atoms with van der Waals surface area (Å²) >= 11 is 0. The fraction of sp³-hybridized carbons (Fsp3) is 0.455. The molecule has 2 aromatic rings. The standard InChI is InChI=1S/C22H24F3N5O3/c1-21(2,30-10-8-27-14-30)20(32)29-9-4-5-16(13-29)19(31)28-12-15-6-7-17(26-3)11-18(15)33-22(23,24)25/h6-8,10-11,14,16H,4-5,9,12-13H2,1-2H3,(H,28,31)/t16-/m1/s1. The summed E-state index contributed by atoms with van der Waals surface area (Å²) in [4.78, 5) is 34.6. The van der Waals surface area contributed by atoms with Crippen molar-refractivity contribution in [3.05, 3.63) is 53.9 Å². The van der Waals surface area contributed by atoms with Crippen molar-refractivity contribution < 1.29 is 27.5 Å². The van der Waals surface area contributed by atoms with E-state index in [0.29, 0.717) is 19.4 Å². The summed E-state index contributed by atoms with van der Waals surface area (Å²) in [7, 11) is 0. The largest absolute Gasteiger partial charge is 0.573 e. The lowest BCUT2D eigenvalue weighted by molar-refractivity contribution is -0.274. The molecule has 176 valence electrons. The number of rotatable bonds is 6. The van der Waals surface area contributed by atoms with E-state index in [4.69, 9.17) is 6.57 Å². The van der Waals surface area contributed by atoms with Gasteiger partial charge in [-0.05, 0) is 32.8 Å². The molecule has 2 heterocycles. The van der Waals surface area contributed by atoms with Crippen LogP contribution in [0.15, 0.2) is 36.9 Å². The third kappa shape index (κ3) is 5.83. The molecule has 1 fully saturated rings. The van der Waals surface area contributed by atoms with E-state index >= 15 is 0 Å². The van der Waals surface area contributed by atoms with Crippen LogP contribution in [-0.4, -0.2) is 45.7 Å². The van der Waals surface area contributed by atoms with Crippen molar-refractivity contribution >= 4 is 17.5 Å². The van der Waals surface area contributed by atoms with Crippen LogP contribution in [-0.2, 0) is 21.7 Å². The number of benzene rings is 1. The van der Waals surface area contributed by atoms with Crippen molar-refractivity contribution in [3.63, 3.8) is 0 Å². The summed E-state index contributed by atoms with van der Waals surface area (Å²) in [6.45, 7) is 11.0. The highest BCUT2D eigenvalue weighted by Gasteiger charge is 2.37. The van der Waals surface area contributed by atoms with Crippen LogP contribution in [0.3, 0.4) is 0 Å². The number of ether oxygens (including phenoxy) is 1. The van der Waals surface area contributed by atoms with Gasteiger partial charge in [-0.3, -0.25) is 9.59 Å². The van der Waals surface area contributed by atoms with Crippen molar-refractivity contribution in [1.82, 2.24) is 19.8 Å². The molecule has 1 saturated heterocycles. The third-order valence-electron chi connectivity index (χ3n) is 5.61. The van der Waals surface area contributed by atoms with Gasteiger partial charge in [0.1, 0.15) is 11.3 Å². The molecule has 1 aliphatic rings. The average molecular weight is 463 g/mol. The van der Waals surface area contributed by atoms with Crippen LogP contribution in [0.5, 0.6) is 5.75 Å². The van der Waals surface area contributed by atoms with Gasteiger partial charge in [-0.2, -0.15) is 0 Å². The molecule has 1 atom stereocenters. The highest BCUT2D eigenvalue weighted by molar-refractivity contribution is 5.85. The molecule has 1 aliphatic heterocycles. The quantitative estimate of drug-likeness (QED) is 0.664.